The van der Waals surface area contributed by atoms with Crippen molar-refractivity contribution in [2.24, 2.45) is 0 Å². The van der Waals surface area contributed by atoms with E-state index in [1.54, 1.807) is 6.07 Å². The fourth-order valence-corrected chi connectivity index (χ4v) is 2.83. The summed E-state index contributed by atoms with van der Waals surface area (Å²) in [7, 11) is 0. The molecule has 1 aliphatic rings. The van der Waals surface area contributed by atoms with Gasteiger partial charge in [0, 0.05) is 16.1 Å². The van der Waals surface area contributed by atoms with E-state index in [1.807, 2.05) is 10.6 Å². The molecule has 0 atom stereocenters. The fraction of sp³-hybridized carbons (Fsp3) is 0. The summed E-state index contributed by atoms with van der Waals surface area (Å²) in [6.45, 7) is 0. The van der Waals surface area contributed by atoms with Gasteiger partial charge in [0.05, 0.1) is 15.9 Å². The molecule has 0 aliphatic carbocycles. The van der Waals surface area contributed by atoms with Crippen LogP contribution in [0.15, 0.2) is 46.4 Å². The Balaban J connectivity index is 2.05. The zero-order valence-corrected chi connectivity index (χ0v) is 16.2. The molecule has 1 fully saturated rings. The molecule has 2 N–H and O–H groups in total. The number of amides is 4. The number of barbiturate groups is 1. The van der Waals surface area contributed by atoms with Crippen molar-refractivity contribution in [3.8, 4) is 11.5 Å². The Morgan fingerprint density at radius 2 is 1.53 bits per heavy atom. The van der Waals surface area contributed by atoms with Crippen molar-refractivity contribution in [3.63, 3.8) is 0 Å². The van der Waals surface area contributed by atoms with Crippen LogP contribution in [-0.4, -0.2) is 27.7 Å². The molecular weight excluding hydrogens is 468 g/mol. The Kier molecular flexibility index (Phi) is 5.55. The summed E-state index contributed by atoms with van der Waals surface area (Å²) in [6.07, 6.45) is 1.13. The third kappa shape index (κ3) is 4.30. The van der Waals surface area contributed by atoms with E-state index in [2.05, 4.69) is 15.9 Å². The number of nitro benzene ring substituents is 2. The van der Waals surface area contributed by atoms with Gasteiger partial charge in [-0.15, -0.1) is 0 Å². The molecule has 4 amide bonds. The maximum atomic E-state index is 12.0. The van der Waals surface area contributed by atoms with Crippen LogP contribution in [0.1, 0.15) is 5.56 Å². The number of urea groups is 1. The number of halogens is 1. The minimum atomic E-state index is -0.964. The minimum absolute atomic E-state index is 0.0140. The summed E-state index contributed by atoms with van der Waals surface area (Å²) >= 11 is 3.23. The summed E-state index contributed by atoms with van der Waals surface area (Å²) in [5.41, 5.74) is -1.36. The number of hydrogen-bond donors (Lipinski definition) is 2. The Morgan fingerprint density at radius 1 is 0.900 bits per heavy atom. The second-order valence-corrected chi connectivity index (χ2v) is 6.66. The Hall–Kier alpha value is -4.13. The molecule has 152 valence electrons. The van der Waals surface area contributed by atoms with Gasteiger partial charge in [-0.1, -0.05) is 15.9 Å². The third-order valence-electron chi connectivity index (χ3n) is 3.78. The normalized spacial score (nSPS) is 13.4. The lowest BCUT2D eigenvalue weighted by Gasteiger charge is -2.15. The number of hydrogen-bond acceptors (Lipinski definition) is 8. The number of carbonyl (C=O) groups excluding carboxylic acids is 3. The second kappa shape index (κ2) is 8.08. The average Bonchev–Trinajstić information content (AvgIpc) is 2.66. The fourth-order valence-electron chi connectivity index (χ4n) is 2.45. The van der Waals surface area contributed by atoms with Gasteiger partial charge < -0.3 is 4.74 Å². The van der Waals surface area contributed by atoms with Gasteiger partial charge in [0.2, 0.25) is 5.75 Å². The standard InChI is InChI=1S/C17H9BrN4O8/c18-9-1-3-13(8(5-9)6-11-15(23)19-17(25)20-16(11)24)30-14-4-2-10(21(26)27)7-12(14)22(28)29/h1-7H,(H2,19,20,23,24,25). The van der Waals surface area contributed by atoms with Crippen molar-refractivity contribution in [2.75, 3.05) is 0 Å². The molecule has 13 heteroatoms. The lowest BCUT2D eigenvalue weighted by atomic mass is 10.1. The first kappa shape index (κ1) is 20.6. The highest BCUT2D eigenvalue weighted by Crippen LogP contribution is 2.37. The van der Waals surface area contributed by atoms with Crippen molar-refractivity contribution in [1.82, 2.24) is 10.6 Å². The summed E-state index contributed by atoms with van der Waals surface area (Å²) in [5, 5.41) is 26.0. The molecule has 0 unspecified atom stereocenters. The molecule has 0 spiro atoms. The van der Waals surface area contributed by atoms with E-state index in [-0.39, 0.29) is 17.1 Å². The lowest BCUT2D eigenvalue weighted by Crippen LogP contribution is -2.51. The molecule has 2 aromatic rings. The van der Waals surface area contributed by atoms with Gasteiger partial charge in [-0.25, -0.2) is 4.79 Å². The molecule has 1 aliphatic heterocycles. The number of nitrogens with one attached hydrogen (secondary N) is 2. The van der Waals surface area contributed by atoms with Crippen molar-refractivity contribution >= 4 is 51.2 Å². The Labute approximate surface area is 174 Å². The van der Waals surface area contributed by atoms with Gasteiger partial charge in [0.25, 0.3) is 17.5 Å². The highest BCUT2D eigenvalue weighted by atomic mass is 79.9. The number of ether oxygens (including phenoxy) is 1. The molecule has 0 aromatic heterocycles. The van der Waals surface area contributed by atoms with E-state index in [1.165, 1.54) is 12.1 Å². The molecule has 30 heavy (non-hydrogen) atoms. The van der Waals surface area contributed by atoms with Crippen molar-refractivity contribution in [2.45, 2.75) is 0 Å². The van der Waals surface area contributed by atoms with Gasteiger partial charge in [-0.2, -0.15) is 0 Å². The number of rotatable bonds is 5. The van der Waals surface area contributed by atoms with Crippen molar-refractivity contribution in [3.05, 3.63) is 72.2 Å². The van der Waals surface area contributed by atoms with Crippen molar-refractivity contribution in [1.29, 1.82) is 0 Å². The number of non-ortho nitro benzene ring substituents is 1. The smallest absolute Gasteiger partial charge is 0.328 e. The van der Waals surface area contributed by atoms with Crippen LogP contribution < -0.4 is 15.4 Å². The molecule has 3 rings (SSSR count). The summed E-state index contributed by atoms with van der Waals surface area (Å²) in [4.78, 5) is 55.6. The monoisotopic (exact) mass is 476 g/mol. The predicted molar refractivity (Wildman–Crippen MR) is 104 cm³/mol. The first-order valence-corrected chi connectivity index (χ1v) is 8.73. The number of carbonyl (C=O) groups is 3. The predicted octanol–water partition coefficient (Wildman–Crippen LogP) is 2.81. The van der Waals surface area contributed by atoms with E-state index in [0.717, 1.165) is 24.3 Å². The van der Waals surface area contributed by atoms with Crippen molar-refractivity contribution < 1.29 is 29.0 Å². The van der Waals surface area contributed by atoms with Crippen LogP contribution in [0.25, 0.3) is 6.08 Å². The topological polar surface area (TPSA) is 171 Å². The van der Waals surface area contributed by atoms with Crippen LogP contribution in [0.4, 0.5) is 16.2 Å². The van der Waals surface area contributed by atoms with E-state index >= 15 is 0 Å². The zero-order chi connectivity index (χ0) is 22.0. The second-order valence-electron chi connectivity index (χ2n) is 5.75. The first-order chi connectivity index (χ1) is 14.2. The number of nitro groups is 2. The van der Waals surface area contributed by atoms with Gasteiger partial charge in [0.15, 0.2) is 0 Å². The summed E-state index contributed by atoms with van der Waals surface area (Å²) < 4.78 is 6.10. The van der Waals surface area contributed by atoms with Crippen LogP contribution in [0.5, 0.6) is 11.5 Å². The highest BCUT2D eigenvalue weighted by molar-refractivity contribution is 9.10. The highest BCUT2D eigenvalue weighted by Gasteiger charge is 2.28. The molecular formula is C17H9BrN4O8. The molecule has 2 aromatic carbocycles. The summed E-state index contributed by atoms with van der Waals surface area (Å²) in [6, 6.07) is 6.30. The van der Waals surface area contributed by atoms with Gasteiger partial charge in [-0.3, -0.25) is 40.5 Å². The van der Waals surface area contributed by atoms with E-state index in [4.69, 9.17) is 4.74 Å². The molecule has 0 saturated carbocycles. The quantitative estimate of drug-likeness (QED) is 0.287. The molecule has 1 heterocycles. The van der Waals surface area contributed by atoms with Gasteiger partial charge in [0.1, 0.15) is 11.3 Å². The largest absolute Gasteiger partial charge is 0.449 e. The summed E-state index contributed by atoms with van der Waals surface area (Å²) in [5.74, 6) is -2.15. The van der Waals surface area contributed by atoms with Crippen LogP contribution in [0.3, 0.4) is 0 Å². The molecule has 0 radical (unpaired) electrons. The third-order valence-corrected chi connectivity index (χ3v) is 4.28. The molecule has 0 bridgehead atoms. The van der Waals surface area contributed by atoms with E-state index in [0.29, 0.717) is 4.47 Å². The number of benzene rings is 2. The van der Waals surface area contributed by atoms with E-state index < -0.39 is 44.6 Å². The lowest BCUT2D eigenvalue weighted by molar-refractivity contribution is -0.394. The van der Waals surface area contributed by atoms with Gasteiger partial charge >= 0.3 is 11.7 Å². The van der Waals surface area contributed by atoms with Crippen LogP contribution in [0.2, 0.25) is 0 Å². The minimum Gasteiger partial charge on any atom is -0.449 e. The zero-order valence-electron chi connectivity index (χ0n) is 14.6. The average molecular weight is 477 g/mol. The molecule has 1 saturated heterocycles. The molecule has 12 nitrogen and oxygen atoms in total. The number of nitrogens with zero attached hydrogens (tertiary/aromatic N) is 2. The van der Waals surface area contributed by atoms with Crippen LogP contribution in [0, 0.1) is 20.2 Å². The maximum Gasteiger partial charge on any atom is 0.328 e. The van der Waals surface area contributed by atoms with E-state index in [9.17, 15) is 34.6 Å². The van der Waals surface area contributed by atoms with Gasteiger partial charge in [-0.05, 0) is 30.3 Å². The SMILES string of the molecule is O=C1NC(=O)C(=Cc2cc(Br)ccc2Oc2ccc([N+](=O)[O-])cc2[N+](=O)[O-])C(=O)N1. The van der Waals surface area contributed by atoms with Crippen LogP contribution >= 0.6 is 15.9 Å². The Bertz CT molecular complexity index is 1140. The number of imide groups is 2. The Morgan fingerprint density at radius 3 is 2.13 bits per heavy atom. The van der Waals surface area contributed by atoms with Crippen LogP contribution in [-0.2, 0) is 9.59 Å². The first-order valence-electron chi connectivity index (χ1n) is 7.94. The maximum absolute atomic E-state index is 12.0.